The van der Waals surface area contributed by atoms with Crippen molar-refractivity contribution in [3.8, 4) is 44.5 Å². The molecule has 10 aromatic rings. The SMILES string of the molecule is c1ccc(-c2ccc(-c3ccc(N(c4ccccc4)c4ccc(-c5cc6c7ccc(-c8ccccc8)cc7oc6c6ccccc56)cc4)cc3)cc2)cc1. The van der Waals surface area contributed by atoms with Gasteiger partial charge in [0.25, 0.3) is 0 Å². The Hall–Kier alpha value is -7.16. The molecule has 0 saturated heterocycles. The van der Waals surface area contributed by atoms with Crippen molar-refractivity contribution >= 4 is 49.8 Å². The van der Waals surface area contributed by atoms with Crippen LogP contribution < -0.4 is 4.90 Å². The van der Waals surface area contributed by atoms with Gasteiger partial charge in [-0.05, 0) is 104 Å². The summed E-state index contributed by atoms with van der Waals surface area (Å²) < 4.78 is 6.62. The third-order valence-electron chi connectivity index (χ3n) is 10.5. The summed E-state index contributed by atoms with van der Waals surface area (Å²) in [4.78, 5) is 2.32. The van der Waals surface area contributed by atoms with Crippen molar-refractivity contribution in [2.75, 3.05) is 4.90 Å². The number of hydrogen-bond donors (Lipinski definition) is 0. The van der Waals surface area contributed by atoms with Crippen LogP contribution in [0.3, 0.4) is 0 Å². The Bertz CT molecular complexity index is 2880. The normalized spacial score (nSPS) is 11.3. The molecule has 0 fully saturated rings. The molecular weight excluding hydrogens is 655 g/mol. The number of hydrogen-bond acceptors (Lipinski definition) is 2. The predicted octanol–water partition coefficient (Wildman–Crippen LogP) is 14.9. The quantitative estimate of drug-likeness (QED) is 0.166. The molecule has 9 aromatic carbocycles. The largest absolute Gasteiger partial charge is 0.455 e. The van der Waals surface area contributed by atoms with Crippen LogP contribution in [-0.2, 0) is 0 Å². The van der Waals surface area contributed by atoms with E-state index in [1.54, 1.807) is 0 Å². The molecule has 0 unspecified atom stereocenters. The first kappa shape index (κ1) is 31.6. The minimum absolute atomic E-state index is 0.901. The van der Waals surface area contributed by atoms with E-state index in [1.807, 2.05) is 6.07 Å². The highest BCUT2D eigenvalue weighted by molar-refractivity contribution is 6.19. The Morgan fingerprint density at radius 1 is 0.278 bits per heavy atom. The lowest BCUT2D eigenvalue weighted by molar-refractivity contribution is 0.673. The standard InChI is InChI=1S/C52H35NO/c1-4-12-36(13-5-1)38-20-22-39(23-21-38)40-24-29-44(30-25-40)53(43-16-8-3-9-17-43)45-31-26-41(27-32-45)49-35-50-47-33-28-42(37-14-6-2-7-15-37)34-51(47)54-52(50)48-19-11-10-18-46(48)49/h1-35H. The van der Waals surface area contributed by atoms with Gasteiger partial charge in [0.1, 0.15) is 11.2 Å². The molecular formula is C52H35NO. The molecule has 10 rings (SSSR count). The molecule has 0 aliphatic heterocycles. The third-order valence-corrected chi connectivity index (χ3v) is 10.5. The first-order valence-corrected chi connectivity index (χ1v) is 18.4. The Kier molecular flexibility index (Phi) is 7.85. The van der Waals surface area contributed by atoms with E-state index in [0.717, 1.165) is 55.5 Å². The first-order valence-electron chi connectivity index (χ1n) is 18.4. The summed E-state index contributed by atoms with van der Waals surface area (Å²) in [5.74, 6) is 0. The number of fused-ring (bicyclic) bond motifs is 5. The summed E-state index contributed by atoms with van der Waals surface area (Å²) in [5.41, 5.74) is 14.6. The van der Waals surface area contributed by atoms with E-state index in [1.165, 1.54) is 38.8 Å². The molecule has 0 aliphatic carbocycles. The molecule has 1 heterocycles. The molecule has 0 spiro atoms. The lowest BCUT2D eigenvalue weighted by Crippen LogP contribution is -2.09. The van der Waals surface area contributed by atoms with Crippen LogP contribution in [0.4, 0.5) is 17.1 Å². The fraction of sp³-hybridized carbons (Fsp3) is 0. The Morgan fingerprint density at radius 2 is 0.704 bits per heavy atom. The zero-order valence-corrected chi connectivity index (χ0v) is 29.6. The van der Waals surface area contributed by atoms with Crippen molar-refractivity contribution < 1.29 is 4.42 Å². The molecule has 0 N–H and O–H groups in total. The molecule has 2 nitrogen and oxygen atoms in total. The van der Waals surface area contributed by atoms with Gasteiger partial charge < -0.3 is 9.32 Å². The van der Waals surface area contributed by atoms with E-state index < -0.39 is 0 Å². The van der Waals surface area contributed by atoms with Gasteiger partial charge in [-0.15, -0.1) is 0 Å². The Balaban J connectivity index is 1.01. The summed E-state index contributed by atoms with van der Waals surface area (Å²) in [7, 11) is 0. The van der Waals surface area contributed by atoms with Gasteiger partial charge in [-0.2, -0.15) is 0 Å². The smallest absolute Gasteiger partial charge is 0.143 e. The van der Waals surface area contributed by atoms with Gasteiger partial charge >= 0.3 is 0 Å². The zero-order chi connectivity index (χ0) is 35.8. The van der Waals surface area contributed by atoms with E-state index in [0.29, 0.717) is 0 Å². The van der Waals surface area contributed by atoms with Crippen LogP contribution in [0.5, 0.6) is 0 Å². The van der Waals surface area contributed by atoms with Gasteiger partial charge in [0.05, 0.1) is 0 Å². The van der Waals surface area contributed by atoms with Crippen LogP contribution in [0.2, 0.25) is 0 Å². The van der Waals surface area contributed by atoms with Crippen LogP contribution in [0, 0.1) is 0 Å². The first-order chi connectivity index (χ1) is 26.8. The average molecular weight is 690 g/mol. The second kappa shape index (κ2) is 13.4. The molecule has 0 saturated carbocycles. The van der Waals surface area contributed by atoms with Gasteiger partial charge in [-0.1, -0.05) is 158 Å². The van der Waals surface area contributed by atoms with Gasteiger partial charge in [-0.3, -0.25) is 0 Å². The number of benzene rings is 9. The lowest BCUT2D eigenvalue weighted by atomic mass is 9.95. The number of anilines is 3. The second-order valence-electron chi connectivity index (χ2n) is 13.7. The van der Waals surface area contributed by atoms with Crippen LogP contribution in [-0.4, -0.2) is 0 Å². The van der Waals surface area contributed by atoms with Crippen LogP contribution in [0.25, 0.3) is 77.2 Å². The summed E-state index contributed by atoms with van der Waals surface area (Å²) in [6.45, 7) is 0. The van der Waals surface area contributed by atoms with Gasteiger partial charge in [0, 0.05) is 33.2 Å². The molecule has 0 radical (unpaired) electrons. The average Bonchev–Trinajstić information content (AvgIpc) is 3.63. The van der Waals surface area contributed by atoms with Crippen LogP contribution in [0.15, 0.2) is 217 Å². The van der Waals surface area contributed by atoms with E-state index in [4.69, 9.17) is 4.42 Å². The third kappa shape index (κ3) is 5.71. The maximum Gasteiger partial charge on any atom is 0.143 e. The highest BCUT2D eigenvalue weighted by Crippen LogP contribution is 2.42. The zero-order valence-electron chi connectivity index (χ0n) is 29.6. The highest BCUT2D eigenvalue weighted by atomic mass is 16.3. The molecule has 0 amide bonds. The topological polar surface area (TPSA) is 16.4 Å². The highest BCUT2D eigenvalue weighted by Gasteiger charge is 2.17. The van der Waals surface area contributed by atoms with E-state index >= 15 is 0 Å². The van der Waals surface area contributed by atoms with Crippen molar-refractivity contribution in [2.24, 2.45) is 0 Å². The molecule has 254 valence electrons. The molecule has 0 bridgehead atoms. The summed E-state index contributed by atoms with van der Waals surface area (Å²) in [6.07, 6.45) is 0. The molecule has 0 aliphatic rings. The van der Waals surface area contributed by atoms with Gasteiger partial charge in [0.2, 0.25) is 0 Å². The van der Waals surface area contributed by atoms with Gasteiger partial charge in [0.15, 0.2) is 0 Å². The maximum absolute atomic E-state index is 6.62. The minimum atomic E-state index is 0.901. The Morgan fingerprint density at radius 3 is 1.30 bits per heavy atom. The number of furan rings is 1. The molecule has 1 aromatic heterocycles. The van der Waals surface area contributed by atoms with Crippen molar-refractivity contribution in [2.45, 2.75) is 0 Å². The van der Waals surface area contributed by atoms with E-state index in [-0.39, 0.29) is 0 Å². The van der Waals surface area contributed by atoms with Crippen molar-refractivity contribution in [1.82, 2.24) is 0 Å². The monoisotopic (exact) mass is 689 g/mol. The second-order valence-corrected chi connectivity index (χ2v) is 13.7. The van der Waals surface area contributed by atoms with E-state index in [9.17, 15) is 0 Å². The summed E-state index contributed by atoms with van der Waals surface area (Å²) in [5, 5.41) is 4.54. The predicted molar refractivity (Wildman–Crippen MR) is 228 cm³/mol. The summed E-state index contributed by atoms with van der Waals surface area (Å²) in [6, 6.07) is 75.7. The number of rotatable bonds is 7. The fourth-order valence-electron chi connectivity index (χ4n) is 7.75. The lowest BCUT2D eigenvalue weighted by Gasteiger charge is -2.26. The van der Waals surface area contributed by atoms with Crippen LogP contribution in [0.1, 0.15) is 0 Å². The molecule has 54 heavy (non-hydrogen) atoms. The Labute approximate surface area is 314 Å². The maximum atomic E-state index is 6.62. The molecule has 2 heteroatoms. The van der Waals surface area contributed by atoms with Crippen molar-refractivity contribution in [3.63, 3.8) is 0 Å². The fourth-order valence-corrected chi connectivity index (χ4v) is 7.75. The van der Waals surface area contributed by atoms with Gasteiger partial charge in [-0.25, -0.2) is 0 Å². The molecule has 0 atom stereocenters. The number of para-hydroxylation sites is 1. The van der Waals surface area contributed by atoms with E-state index in [2.05, 4.69) is 211 Å². The number of nitrogens with zero attached hydrogens (tertiary/aromatic N) is 1. The minimum Gasteiger partial charge on any atom is -0.455 e. The van der Waals surface area contributed by atoms with Crippen molar-refractivity contribution in [1.29, 1.82) is 0 Å². The van der Waals surface area contributed by atoms with Crippen molar-refractivity contribution in [3.05, 3.63) is 212 Å². The summed E-state index contributed by atoms with van der Waals surface area (Å²) >= 11 is 0. The van der Waals surface area contributed by atoms with Crippen LogP contribution >= 0.6 is 0 Å².